The number of hydrogen-bond acceptors (Lipinski definition) is 11. The first-order chi connectivity index (χ1) is 67.6. The molecule has 0 N–H and O–H groups in total. The SMILES string of the molecule is CC(C)(C)c1cc2cc(c1)/C(C#N)=C/c1cc(cc(C(C)(C)C)c1)/C(C#N)=C/c1cc(cc(C(C)(C)C)c1)/C(C#N)=C/c1cc(cc(C(C)(C)CCC(C)(C)c3cc4cc(c3)/C(C#N)=C/c3cc(cc(C(C)(C)C)c3)/C(C#N)=C/c3cc(cc(C(C)(C)C)c3)/C(C#N)=C/c3cc(cc(C(C)(C)C)c3)/C(C#N)=C/c3cc(cc(-c5ccncc5)c3)C(C#N)=C4)c1)/C(C#N)=C/c1cc(C#C[Si](C)(C)C)cc(c1)C(C#N)=C2. The van der Waals surface area contributed by atoms with Crippen molar-refractivity contribution in [1.29, 1.82) is 52.6 Å². The Morgan fingerprint density at radius 2 is 0.375 bits per heavy atom. The highest BCUT2D eigenvalue weighted by atomic mass is 28.3. The molecular formula is C132H123N11Si. The van der Waals surface area contributed by atoms with Crippen molar-refractivity contribution in [3.63, 3.8) is 0 Å². The Bertz CT molecular complexity index is 7980. The van der Waals surface area contributed by atoms with Gasteiger partial charge < -0.3 is 0 Å². The summed E-state index contributed by atoms with van der Waals surface area (Å²) in [6, 6.07) is 89.6. The molecule has 1 heterocycles. The van der Waals surface area contributed by atoms with Gasteiger partial charge in [0.05, 0.1) is 116 Å². The maximum atomic E-state index is 11.9. The van der Waals surface area contributed by atoms with E-state index in [0.717, 1.165) is 55.6 Å². The van der Waals surface area contributed by atoms with Crippen LogP contribution in [-0.4, -0.2) is 13.1 Å². The summed E-state index contributed by atoms with van der Waals surface area (Å²) in [6.07, 6.45) is 23.1. The predicted octanol–water partition coefficient (Wildman–Crippen LogP) is 33.1. The first kappa shape index (κ1) is 105. The lowest BCUT2D eigenvalue weighted by Crippen LogP contribution is -2.25. The van der Waals surface area contributed by atoms with E-state index in [9.17, 15) is 52.6 Å². The van der Waals surface area contributed by atoms with Crippen LogP contribution in [0, 0.1) is 125 Å². The van der Waals surface area contributed by atoms with Gasteiger partial charge in [-0.3, -0.25) is 4.98 Å². The van der Waals surface area contributed by atoms with E-state index in [2.05, 4.69) is 310 Å². The quantitative estimate of drug-likeness (QED) is 0.112. The summed E-state index contributed by atoms with van der Waals surface area (Å²) < 4.78 is 0. The molecule has 0 spiro atoms. The fraction of sp³-hybridized carbons (Fsp3) is 0.265. The van der Waals surface area contributed by atoms with Crippen LogP contribution in [0.4, 0.5) is 0 Å². The lowest BCUT2D eigenvalue weighted by molar-refractivity contribution is 0.375. The van der Waals surface area contributed by atoms with Crippen LogP contribution in [0.25, 0.3) is 128 Å². The van der Waals surface area contributed by atoms with Crippen LogP contribution < -0.4 is 0 Å². The molecule has 710 valence electrons. The molecule has 0 unspecified atom stereocenters. The second-order valence-corrected chi connectivity index (χ2v) is 51.4. The molecular weight excluding hydrogens is 1770 g/mol. The van der Waals surface area contributed by atoms with Crippen molar-refractivity contribution in [3.05, 3.63) is 368 Å². The molecule has 0 fully saturated rings. The fourth-order valence-corrected chi connectivity index (χ4v) is 18.2. The molecule has 0 amide bonds. The summed E-state index contributed by atoms with van der Waals surface area (Å²) >= 11 is 0. The van der Waals surface area contributed by atoms with Crippen molar-refractivity contribution in [2.45, 2.75) is 228 Å². The number of hydrogen-bond donors (Lipinski definition) is 0. The van der Waals surface area contributed by atoms with Gasteiger partial charge in [0.25, 0.3) is 0 Å². The molecule has 13 rings (SSSR count). The summed E-state index contributed by atoms with van der Waals surface area (Å²) in [5.74, 6) is 3.48. The Kier molecular flexibility index (Phi) is 30.1. The second kappa shape index (κ2) is 41.3. The van der Waals surface area contributed by atoms with E-state index in [1.54, 1.807) is 12.4 Å². The minimum absolute atomic E-state index is 0.296. The van der Waals surface area contributed by atoms with Gasteiger partial charge in [-0.1, -0.05) is 226 Å². The van der Waals surface area contributed by atoms with Crippen LogP contribution >= 0.6 is 0 Å². The number of nitriles is 10. The van der Waals surface area contributed by atoms with Gasteiger partial charge >= 0.3 is 0 Å². The third-order valence-electron chi connectivity index (χ3n) is 26.7. The van der Waals surface area contributed by atoms with E-state index in [-0.39, 0.29) is 0 Å². The van der Waals surface area contributed by atoms with Gasteiger partial charge in [-0.05, 0) is 429 Å². The van der Waals surface area contributed by atoms with Crippen molar-refractivity contribution in [2.24, 2.45) is 0 Å². The standard InChI is InChI=1S/C132H123N11Si/c1-125(2,3)117-57-87-39-100(67-117)111(78-137)51-89-41-102(69-119(59-89)127(7,8)9)113(80-139)53-91-43-104(71-121(61-91)129(13,14)15)115(82-141)56-94-46-105(109(76-135)47-85-34-84(28-33-144(23,24)25)35-96(36-85)107(49-87)74-133)72-124(64-94)132(21,22)30-29-131(19,20)123-63-93-45-106(73-123)116(83-142)54-92-44-103(70-122(62-92)130(16,17)18)114(81-140)52-90-42-101(68-120(60-90)128(10,11)12)112(79-138)50-88-40-99(66-118(58-88)126(4,5)6)110(77-136)48-86-37-97(95-26-31-143-32-27-95)65-98(38-86)108(55-93)75-134/h26-27,31-32,34-73H,29-30H2,1-25H3/b107-49?,108-55?,109-47+,110-48+,111-51+,112-50+,113-53+,114-52+,115-56+,116-54+. The zero-order valence-corrected chi connectivity index (χ0v) is 88.7. The fourth-order valence-electron chi connectivity index (χ4n) is 17.7. The zero-order chi connectivity index (χ0) is 105. The molecule has 0 saturated carbocycles. The van der Waals surface area contributed by atoms with Crippen LogP contribution in [0.5, 0.6) is 0 Å². The number of nitrogens with zero attached hydrogens (tertiary/aromatic N) is 11. The van der Waals surface area contributed by atoms with E-state index in [1.807, 2.05) is 194 Å². The zero-order valence-electron chi connectivity index (χ0n) is 87.7. The van der Waals surface area contributed by atoms with Gasteiger partial charge in [0, 0.05) is 18.0 Å². The second-order valence-electron chi connectivity index (χ2n) is 46.6. The van der Waals surface area contributed by atoms with Crippen molar-refractivity contribution < 1.29 is 0 Å². The van der Waals surface area contributed by atoms with E-state index >= 15 is 0 Å². The number of rotatable bonds is 6. The van der Waals surface area contributed by atoms with Gasteiger partial charge in [0.2, 0.25) is 0 Å². The average Bonchev–Trinajstić information content (AvgIpc) is 0.896. The largest absolute Gasteiger partial charge is 0.265 e. The molecule has 0 radical (unpaired) electrons. The Morgan fingerprint density at radius 1 is 0.201 bits per heavy atom. The molecule has 0 aliphatic heterocycles. The van der Waals surface area contributed by atoms with Gasteiger partial charge in [-0.15, -0.1) is 5.54 Å². The smallest absolute Gasteiger partial charge is 0.129 e. The topological polar surface area (TPSA) is 251 Å². The van der Waals surface area contributed by atoms with Crippen LogP contribution in [0.1, 0.15) is 327 Å². The van der Waals surface area contributed by atoms with Crippen molar-refractivity contribution >= 4 is 125 Å². The minimum Gasteiger partial charge on any atom is -0.265 e. The highest BCUT2D eigenvalue weighted by molar-refractivity contribution is 6.84. The molecule has 0 saturated heterocycles. The number of pyridine rings is 1. The Morgan fingerprint density at radius 3 is 0.576 bits per heavy atom. The van der Waals surface area contributed by atoms with Gasteiger partial charge in [0.15, 0.2) is 0 Å². The van der Waals surface area contributed by atoms with E-state index in [1.165, 1.54) is 0 Å². The molecule has 10 aromatic carbocycles. The first-order valence-electron chi connectivity index (χ1n) is 48.8. The molecule has 0 atom stereocenters. The summed E-state index contributed by atoms with van der Waals surface area (Å²) in [7, 11) is -2.02. The lowest BCUT2D eigenvalue weighted by atomic mass is 9.71. The van der Waals surface area contributed by atoms with E-state index in [0.29, 0.717) is 185 Å². The minimum atomic E-state index is -2.02. The van der Waals surface area contributed by atoms with Crippen LogP contribution in [0.3, 0.4) is 0 Å². The summed E-state index contributed by atoms with van der Waals surface area (Å²) in [5, 5.41) is 116. The third kappa shape index (κ3) is 25.4. The van der Waals surface area contributed by atoms with Crippen LogP contribution in [0.2, 0.25) is 19.6 Å². The van der Waals surface area contributed by atoms with E-state index < -0.39 is 51.4 Å². The summed E-state index contributed by atoms with van der Waals surface area (Å²) in [6.45, 7) is 53.3. The predicted molar refractivity (Wildman–Crippen MR) is 600 cm³/mol. The Balaban J connectivity index is 1.04. The number of benzene rings is 10. The average molecular weight is 1890 g/mol. The third-order valence-corrected chi connectivity index (χ3v) is 27.6. The molecule has 11 aromatic rings. The Hall–Kier alpha value is -16.6. The first-order valence-corrected chi connectivity index (χ1v) is 52.3. The van der Waals surface area contributed by atoms with E-state index in [4.69, 9.17) is 0 Å². The molecule has 2 aliphatic carbocycles. The highest BCUT2D eigenvalue weighted by Crippen LogP contribution is 2.45. The number of aromatic nitrogens is 1. The highest BCUT2D eigenvalue weighted by Gasteiger charge is 2.32. The van der Waals surface area contributed by atoms with Gasteiger partial charge in [0.1, 0.15) is 8.07 Å². The summed E-state index contributed by atoms with van der Waals surface area (Å²) in [5.41, 5.74) is 25.3. The lowest BCUT2D eigenvalue weighted by Gasteiger charge is -2.33. The summed E-state index contributed by atoms with van der Waals surface area (Å²) in [4.78, 5) is 4.37. The molecule has 20 bridgehead atoms. The van der Waals surface area contributed by atoms with Crippen molar-refractivity contribution in [3.8, 4) is 83.3 Å². The van der Waals surface area contributed by atoms with Crippen LogP contribution in [-0.2, 0) is 43.3 Å². The Labute approximate surface area is 855 Å². The normalized spacial score (nSPS) is 16.4. The maximum Gasteiger partial charge on any atom is 0.129 e. The maximum absolute atomic E-state index is 11.9. The molecule has 1 aromatic heterocycles. The monoisotopic (exact) mass is 1890 g/mol. The molecule has 2 aliphatic rings. The van der Waals surface area contributed by atoms with Crippen molar-refractivity contribution in [2.75, 3.05) is 0 Å². The van der Waals surface area contributed by atoms with Crippen LogP contribution in [0.15, 0.2) is 207 Å². The molecule has 12 heteroatoms. The van der Waals surface area contributed by atoms with Gasteiger partial charge in [-0.25, -0.2) is 0 Å². The van der Waals surface area contributed by atoms with Crippen molar-refractivity contribution in [1.82, 2.24) is 4.98 Å². The number of fused-ring (bicyclic) bond motifs is 20. The molecule has 144 heavy (non-hydrogen) atoms. The molecule has 11 nitrogen and oxygen atoms in total. The van der Waals surface area contributed by atoms with Gasteiger partial charge in [-0.2, -0.15) is 52.6 Å². The number of allylic oxidation sites excluding steroid dienone is 10.